The molecule has 2 aromatic rings. The minimum absolute atomic E-state index is 0.0278. The Kier molecular flexibility index (Phi) is 7.53. The third-order valence-electron chi connectivity index (χ3n) is 4.93. The van der Waals surface area contributed by atoms with Crippen molar-refractivity contribution in [3.63, 3.8) is 0 Å². The fourth-order valence-electron chi connectivity index (χ4n) is 3.23. The smallest absolute Gasteiger partial charge is 0.246 e. The highest BCUT2D eigenvalue weighted by atomic mass is 16.5. The molecule has 6 nitrogen and oxygen atoms in total. The lowest BCUT2D eigenvalue weighted by atomic mass is 10.2. The van der Waals surface area contributed by atoms with Crippen LogP contribution in [0.25, 0.3) is 6.08 Å². The highest BCUT2D eigenvalue weighted by Gasteiger charge is 2.19. The summed E-state index contributed by atoms with van der Waals surface area (Å²) in [5, 5.41) is 0. The summed E-state index contributed by atoms with van der Waals surface area (Å²) in [6.45, 7) is 4.67. The number of ether oxygens (including phenoxy) is 3. The second kappa shape index (κ2) is 10.5. The van der Waals surface area contributed by atoms with Gasteiger partial charge >= 0.3 is 0 Å². The summed E-state index contributed by atoms with van der Waals surface area (Å²) in [7, 11) is 3.20. The molecule has 1 saturated heterocycles. The molecule has 1 amide bonds. The van der Waals surface area contributed by atoms with Crippen LogP contribution in [-0.2, 0) is 4.79 Å². The van der Waals surface area contributed by atoms with Crippen LogP contribution in [0.3, 0.4) is 0 Å². The zero-order valence-corrected chi connectivity index (χ0v) is 17.0. The Hall–Kier alpha value is -2.99. The molecule has 1 heterocycles. The molecule has 0 bridgehead atoms. The zero-order valence-electron chi connectivity index (χ0n) is 17.0. The Morgan fingerprint density at radius 2 is 1.69 bits per heavy atom. The number of benzene rings is 2. The molecule has 1 fully saturated rings. The summed E-state index contributed by atoms with van der Waals surface area (Å²) in [6.07, 6.45) is 3.43. The third kappa shape index (κ3) is 5.99. The van der Waals surface area contributed by atoms with Gasteiger partial charge < -0.3 is 19.1 Å². The Balaban J connectivity index is 1.43. The summed E-state index contributed by atoms with van der Waals surface area (Å²) in [5.74, 6) is 2.23. The van der Waals surface area contributed by atoms with E-state index >= 15 is 0 Å². The van der Waals surface area contributed by atoms with Crippen molar-refractivity contribution >= 4 is 12.0 Å². The van der Waals surface area contributed by atoms with Crippen LogP contribution >= 0.6 is 0 Å². The van der Waals surface area contributed by atoms with E-state index < -0.39 is 0 Å². The van der Waals surface area contributed by atoms with Crippen molar-refractivity contribution < 1.29 is 19.0 Å². The predicted molar refractivity (Wildman–Crippen MR) is 114 cm³/mol. The molecule has 0 unspecified atom stereocenters. The summed E-state index contributed by atoms with van der Waals surface area (Å²) >= 11 is 0. The van der Waals surface area contributed by atoms with Gasteiger partial charge in [-0.25, -0.2) is 0 Å². The largest absolute Gasteiger partial charge is 0.493 e. The van der Waals surface area contributed by atoms with Crippen molar-refractivity contribution in [3.8, 4) is 17.2 Å². The van der Waals surface area contributed by atoms with Crippen molar-refractivity contribution in [1.29, 1.82) is 0 Å². The van der Waals surface area contributed by atoms with E-state index in [1.807, 2.05) is 59.5 Å². The molecule has 0 aliphatic carbocycles. The molecule has 3 rings (SSSR count). The lowest BCUT2D eigenvalue weighted by molar-refractivity contribution is -0.127. The fourth-order valence-corrected chi connectivity index (χ4v) is 3.23. The van der Waals surface area contributed by atoms with Crippen LogP contribution in [0.5, 0.6) is 17.2 Å². The molecule has 1 aliphatic heterocycles. The van der Waals surface area contributed by atoms with Gasteiger partial charge in [0.25, 0.3) is 0 Å². The molecular weight excluding hydrogens is 368 g/mol. The minimum Gasteiger partial charge on any atom is -0.493 e. The first-order chi connectivity index (χ1) is 14.2. The summed E-state index contributed by atoms with van der Waals surface area (Å²) in [4.78, 5) is 16.7. The third-order valence-corrected chi connectivity index (χ3v) is 4.93. The van der Waals surface area contributed by atoms with E-state index in [9.17, 15) is 4.79 Å². The molecule has 0 saturated carbocycles. The quantitative estimate of drug-likeness (QED) is 0.642. The van der Waals surface area contributed by atoms with Crippen molar-refractivity contribution in [3.05, 3.63) is 60.2 Å². The Morgan fingerprint density at radius 3 is 2.38 bits per heavy atom. The van der Waals surface area contributed by atoms with Gasteiger partial charge in [0.15, 0.2) is 11.5 Å². The summed E-state index contributed by atoms with van der Waals surface area (Å²) in [5.41, 5.74) is 0.896. The normalized spacial score (nSPS) is 14.8. The van der Waals surface area contributed by atoms with Crippen molar-refractivity contribution in [2.24, 2.45) is 0 Å². The van der Waals surface area contributed by atoms with E-state index in [0.717, 1.165) is 44.0 Å². The fraction of sp³-hybridized carbons (Fsp3) is 0.348. The van der Waals surface area contributed by atoms with Crippen LogP contribution < -0.4 is 14.2 Å². The van der Waals surface area contributed by atoms with E-state index in [2.05, 4.69) is 4.90 Å². The number of hydrogen-bond donors (Lipinski definition) is 0. The first-order valence-corrected chi connectivity index (χ1v) is 9.79. The van der Waals surface area contributed by atoms with E-state index in [4.69, 9.17) is 14.2 Å². The Labute approximate surface area is 172 Å². The number of amides is 1. The van der Waals surface area contributed by atoms with Crippen LogP contribution in [0.4, 0.5) is 0 Å². The van der Waals surface area contributed by atoms with Gasteiger partial charge in [-0.1, -0.05) is 24.3 Å². The van der Waals surface area contributed by atoms with Gasteiger partial charge in [0.2, 0.25) is 5.91 Å². The van der Waals surface area contributed by atoms with Crippen molar-refractivity contribution in [2.45, 2.75) is 0 Å². The first-order valence-electron chi connectivity index (χ1n) is 9.79. The number of hydrogen-bond acceptors (Lipinski definition) is 5. The van der Waals surface area contributed by atoms with Gasteiger partial charge in [0.1, 0.15) is 12.4 Å². The highest BCUT2D eigenvalue weighted by Crippen LogP contribution is 2.28. The molecule has 154 valence electrons. The zero-order chi connectivity index (χ0) is 20.5. The van der Waals surface area contributed by atoms with Crippen LogP contribution in [0.15, 0.2) is 54.6 Å². The van der Waals surface area contributed by atoms with Gasteiger partial charge in [0, 0.05) is 38.8 Å². The van der Waals surface area contributed by atoms with Gasteiger partial charge in [-0.15, -0.1) is 0 Å². The second-order valence-electron chi connectivity index (χ2n) is 6.78. The van der Waals surface area contributed by atoms with Crippen LogP contribution in [0.2, 0.25) is 0 Å². The van der Waals surface area contributed by atoms with Gasteiger partial charge in [-0.3, -0.25) is 9.69 Å². The molecular formula is C23H28N2O4. The minimum atomic E-state index is 0.0278. The van der Waals surface area contributed by atoms with Crippen molar-refractivity contribution in [2.75, 3.05) is 53.6 Å². The Bertz CT molecular complexity index is 815. The SMILES string of the molecule is COc1ccc(/C=C/C(=O)N2CCN(CCOc3ccccc3)CC2)cc1OC. The van der Waals surface area contributed by atoms with Crippen molar-refractivity contribution in [1.82, 2.24) is 9.80 Å². The molecule has 6 heteroatoms. The van der Waals surface area contributed by atoms with Crippen LogP contribution in [0.1, 0.15) is 5.56 Å². The number of carbonyl (C=O) groups is 1. The second-order valence-corrected chi connectivity index (χ2v) is 6.78. The molecule has 2 aromatic carbocycles. The van der Waals surface area contributed by atoms with Crippen LogP contribution in [0, 0.1) is 0 Å². The molecule has 29 heavy (non-hydrogen) atoms. The predicted octanol–water partition coefficient (Wildman–Crippen LogP) is 2.94. The highest BCUT2D eigenvalue weighted by molar-refractivity contribution is 5.92. The number of nitrogens with zero attached hydrogens (tertiary/aromatic N) is 2. The molecule has 0 atom stereocenters. The lowest BCUT2D eigenvalue weighted by Crippen LogP contribution is -2.49. The number of rotatable bonds is 8. The summed E-state index contributed by atoms with van der Waals surface area (Å²) < 4.78 is 16.3. The van der Waals surface area contributed by atoms with Gasteiger partial charge in [0.05, 0.1) is 14.2 Å². The maximum atomic E-state index is 12.5. The number of para-hydroxylation sites is 1. The van der Waals surface area contributed by atoms with Crippen LogP contribution in [-0.4, -0.2) is 69.3 Å². The maximum absolute atomic E-state index is 12.5. The number of methoxy groups -OCH3 is 2. The standard InChI is InChI=1S/C23H28N2O4/c1-27-21-10-8-19(18-22(21)28-2)9-11-23(26)25-14-12-24(13-15-25)16-17-29-20-6-4-3-5-7-20/h3-11,18H,12-17H2,1-2H3/b11-9+. The molecule has 0 aromatic heterocycles. The molecule has 0 spiro atoms. The maximum Gasteiger partial charge on any atom is 0.246 e. The van der Waals surface area contributed by atoms with Gasteiger partial charge in [-0.05, 0) is 35.9 Å². The molecule has 1 aliphatic rings. The monoisotopic (exact) mass is 396 g/mol. The Morgan fingerprint density at radius 1 is 0.966 bits per heavy atom. The van der Waals surface area contributed by atoms with E-state index in [1.165, 1.54) is 0 Å². The number of piperazine rings is 1. The average molecular weight is 396 g/mol. The first kappa shape index (κ1) is 20.7. The number of carbonyl (C=O) groups excluding carboxylic acids is 1. The van der Waals surface area contributed by atoms with E-state index in [0.29, 0.717) is 18.1 Å². The van der Waals surface area contributed by atoms with E-state index in [1.54, 1.807) is 20.3 Å². The molecule has 0 N–H and O–H groups in total. The van der Waals surface area contributed by atoms with Gasteiger partial charge in [-0.2, -0.15) is 0 Å². The average Bonchev–Trinajstić information content (AvgIpc) is 2.78. The summed E-state index contributed by atoms with van der Waals surface area (Å²) in [6, 6.07) is 15.4. The molecule has 0 radical (unpaired) electrons. The lowest BCUT2D eigenvalue weighted by Gasteiger charge is -2.34. The van der Waals surface area contributed by atoms with E-state index in [-0.39, 0.29) is 5.91 Å². The topological polar surface area (TPSA) is 51.2 Å².